The summed E-state index contributed by atoms with van der Waals surface area (Å²) in [5, 5.41) is 0.675. The van der Waals surface area contributed by atoms with E-state index >= 15 is 0 Å². The van der Waals surface area contributed by atoms with E-state index in [0.29, 0.717) is 16.7 Å². The lowest BCUT2D eigenvalue weighted by Gasteiger charge is -2.07. The minimum atomic E-state index is -0.0536. The Labute approximate surface area is 152 Å². The van der Waals surface area contributed by atoms with E-state index in [9.17, 15) is 4.79 Å². The molecule has 0 aliphatic carbocycles. The Bertz CT molecular complexity index is 841. The van der Waals surface area contributed by atoms with Gasteiger partial charge in [-0.3, -0.25) is 9.69 Å². The van der Waals surface area contributed by atoms with E-state index < -0.39 is 0 Å². The molecule has 0 N–H and O–H groups in total. The molecule has 1 aliphatic rings. The summed E-state index contributed by atoms with van der Waals surface area (Å²) in [6, 6.07) is 15.6. The highest BCUT2D eigenvalue weighted by molar-refractivity contribution is 8.18. The predicted octanol–water partition coefficient (Wildman–Crippen LogP) is 4.63. The van der Waals surface area contributed by atoms with Crippen molar-refractivity contribution in [2.75, 3.05) is 13.7 Å². The molecule has 0 radical (unpaired) electrons. The lowest BCUT2D eigenvalue weighted by atomic mass is 10.2. The van der Waals surface area contributed by atoms with Crippen LogP contribution in [0.3, 0.4) is 0 Å². The summed E-state index contributed by atoms with van der Waals surface area (Å²) in [7, 11) is 1.75. The van der Waals surface area contributed by atoms with E-state index in [4.69, 9.17) is 4.74 Å². The second-order valence-corrected chi connectivity index (χ2v) is 6.68. The summed E-state index contributed by atoms with van der Waals surface area (Å²) >= 11 is 1.38. The van der Waals surface area contributed by atoms with Gasteiger partial charge in [-0.1, -0.05) is 35.9 Å². The molecule has 1 aliphatic heterocycles. The molecule has 0 aromatic heterocycles. The van der Waals surface area contributed by atoms with E-state index in [0.717, 1.165) is 17.0 Å². The highest BCUT2D eigenvalue weighted by Crippen LogP contribution is 2.34. The minimum Gasteiger partial charge on any atom is -0.493 e. The van der Waals surface area contributed by atoms with Gasteiger partial charge in [0.15, 0.2) is 5.17 Å². The second-order valence-electron chi connectivity index (χ2n) is 5.68. The first-order valence-corrected chi connectivity index (χ1v) is 8.95. The number of carbonyl (C=O) groups is 1. The Hall–Kier alpha value is -2.53. The number of hydrogen-bond acceptors (Lipinski definition) is 4. The van der Waals surface area contributed by atoms with Crippen LogP contribution in [0.1, 0.15) is 18.1 Å². The van der Waals surface area contributed by atoms with Crippen molar-refractivity contribution in [1.29, 1.82) is 0 Å². The zero-order valence-electron chi connectivity index (χ0n) is 14.5. The van der Waals surface area contributed by atoms with Crippen LogP contribution in [0, 0.1) is 6.92 Å². The van der Waals surface area contributed by atoms with Crippen molar-refractivity contribution in [2.24, 2.45) is 4.99 Å². The van der Waals surface area contributed by atoms with E-state index in [1.165, 1.54) is 17.3 Å². The molecule has 1 fully saturated rings. The van der Waals surface area contributed by atoms with Gasteiger partial charge in [0.05, 0.1) is 17.2 Å². The van der Waals surface area contributed by atoms with Crippen molar-refractivity contribution in [3.8, 4) is 5.75 Å². The summed E-state index contributed by atoms with van der Waals surface area (Å²) in [5.74, 6) is 0.722. The molecule has 0 saturated carbocycles. The maximum absolute atomic E-state index is 12.5. The summed E-state index contributed by atoms with van der Waals surface area (Å²) < 4.78 is 5.63. The van der Waals surface area contributed by atoms with E-state index in [2.05, 4.69) is 4.99 Å². The lowest BCUT2D eigenvalue weighted by Crippen LogP contribution is -2.23. The van der Waals surface area contributed by atoms with Crippen molar-refractivity contribution < 1.29 is 9.53 Å². The summed E-state index contributed by atoms with van der Waals surface area (Å²) in [6.45, 7) is 4.56. The SMILES string of the molecule is CCOc1ccccc1/C=C1/SC(=Nc2ccc(C)cc2)N(C)C1=O. The van der Waals surface area contributed by atoms with Crippen LogP contribution in [0.2, 0.25) is 0 Å². The zero-order chi connectivity index (χ0) is 17.8. The Balaban J connectivity index is 1.90. The van der Waals surface area contributed by atoms with Crippen LogP contribution in [0.25, 0.3) is 6.08 Å². The first kappa shape index (κ1) is 17.3. The van der Waals surface area contributed by atoms with Gasteiger partial charge in [0, 0.05) is 12.6 Å². The Kier molecular flexibility index (Phi) is 5.24. The molecule has 1 heterocycles. The van der Waals surface area contributed by atoms with Gasteiger partial charge in [0.25, 0.3) is 5.91 Å². The highest BCUT2D eigenvalue weighted by Gasteiger charge is 2.30. The summed E-state index contributed by atoms with van der Waals surface area (Å²) in [6.07, 6.45) is 1.87. The summed E-state index contributed by atoms with van der Waals surface area (Å²) in [4.78, 5) is 19.4. The van der Waals surface area contributed by atoms with E-state index in [1.54, 1.807) is 11.9 Å². The number of carbonyl (C=O) groups excluding carboxylic acids is 1. The maximum atomic E-state index is 12.5. The van der Waals surface area contributed by atoms with Crippen LogP contribution < -0.4 is 4.74 Å². The molecule has 0 unspecified atom stereocenters. The molecule has 0 atom stereocenters. The number of aliphatic imine (C=N–C) groups is 1. The molecule has 0 spiro atoms. The van der Waals surface area contributed by atoms with Crippen molar-refractivity contribution in [3.63, 3.8) is 0 Å². The first-order valence-electron chi connectivity index (χ1n) is 8.13. The molecule has 1 saturated heterocycles. The number of thioether (sulfide) groups is 1. The molecule has 4 nitrogen and oxygen atoms in total. The first-order chi connectivity index (χ1) is 12.1. The van der Waals surface area contributed by atoms with Gasteiger partial charge < -0.3 is 4.74 Å². The fourth-order valence-electron chi connectivity index (χ4n) is 2.41. The molecule has 2 aromatic rings. The van der Waals surface area contributed by atoms with Gasteiger partial charge in [-0.25, -0.2) is 4.99 Å². The number of benzene rings is 2. The number of hydrogen-bond donors (Lipinski definition) is 0. The molecule has 3 rings (SSSR count). The average molecular weight is 352 g/mol. The van der Waals surface area contributed by atoms with E-state index in [-0.39, 0.29) is 5.91 Å². The monoisotopic (exact) mass is 352 g/mol. The molecule has 0 bridgehead atoms. The van der Waals surface area contributed by atoms with Crippen LogP contribution in [-0.4, -0.2) is 29.6 Å². The molecule has 25 heavy (non-hydrogen) atoms. The van der Waals surface area contributed by atoms with Crippen LogP contribution in [0.15, 0.2) is 58.4 Å². The van der Waals surface area contributed by atoms with Gasteiger partial charge in [0.2, 0.25) is 0 Å². The van der Waals surface area contributed by atoms with Gasteiger partial charge in [-0.2, -0.15) is 0 Å². The molecule has 128 valence electrons. The fourth-order valence-corrected chi connectivity index (χ4v) is 3.39. The predicted molar refractivity (Wildman–Crippen MR) is 104 cm³/mol. The smallest absolute Gasteiger partial charge is 0.266 e. The fraction of sp³-hybridized carbons (Fsp3) is 0.200. The van der Waals surface area contributed by atoms with Gasteiger partial charge in [-0.05, 0) is 49.9 Å². The van der Waals surface area contributed by atoms with Gasteiger partial charge >= 0.3 is 0 Å². The third-order valence-electron chi connectivity index (χ3n) is 3.77. The zero-order valence-corrected chi connectivity index (χ0v) is 15.3. The van der Waals surface area contributed by atoms with Gasteiger partial charge in [0.1, 0.15) is 5.75 Å². The lowest BCUT2D eigenvalue weighted by molar-refractivity contribution is -0.121. The quantitative estimate of drug-likeness (QED) is 0.754. The van der Waals surface area contributed by atoms with Crippen LogP contribution in [0.5, 0.6) is 5.75 Å². The Morgan fingerprint density at radius 2 is 1.88 bits per heavy atom. The number of amides is 1. The third-order valence-corrected chi connectivity index (χ3v) is 4.83. The highest BCUT2D eigenvalue weighted by atomic mass is 32.2. The third kappa shape index (κ3) is 3.94. The van der Waals surface area contributed by atoms with Gasteiger partial charge in [-0.15, -0.1) is 0 Å². The number of para-hydroxylation sites is 1. The number of rotatable bonds is 4. The molecule has 5 heteroatoms. The molecular formula is C20H20N2O2S. The maximum Gasteiger partial charge on any atom is 0.266 e. The Morgan fingerprint density at radius 3 is 2.60 bits per heavy atom. The van der Waals surface area contributed by atoms with Crippen LogP contribution >= 0.6 is 11.8 Å². The van der Waals surface area contributed by atoms with Crippen molar-refractivity contribution in [3.05, 3.63) is 64.6 Å². The largest absolute Gasteiger partial charge is 0.493 e. The normalized spacial score (nSPS) is 17.6. The number of likely N-dealkylation sites (N-methyl/N-ethyl adjacent to an activating group) is 1. The molecular weight excluding hydrogens is 332 g/mol. The number of aryl methyl sites for hydroxylation is 1. The standard InChI is InChI=1S/C20H20N2O2S/c1-4-24-17-8-6-5-7-15(17)13-18-19(23)22(3)20(25-18)21-16-11-9-14(2)10-12-16/h5-13H,4H2,1-3H3/b18-13+,21-20?. The number of amidine groups is 1. The second kappa shape index (κ2) is 7.57. The van der Waals surface area contributed by atoms with E-state index in [1.807, 2.05) is 68.5 Å². The molecule has 2 aromatic carbocycles. The topological polar surface area (TPSA) is 41.9 Å². The number of nitrogens with zero attached hydrogens (tertiary/aromatic N) is 2. The van der Waals surface area contributed by atoms with Crippen LogP contribution in [-0.2, 0) is 4.79 Å². The number of ether oxygens (including phenoxy) is 1. The van der Waals surface area contributed by atoms with Crippen molar-refractivity contribution in [1.82, 2.24) is 4.90 Å². The van der Waals surface area contributed by atoms with Crippen LogP contribution in [0.4, 0.5) is 5.69 Å². The Morgan fingerprint density at radius 1 is 1.16 bits per heavy atom. The summed E-state index contributed by atoms with van der Waals surface area (Å²) in [5.41, 5.74) is 2.91. The molecule has 1 amide bonds. The van der Waals surface area contributed by atoms with Crippen molar-refractivity contribution in [2.45, 2.75) is 13.8 Å². The van der Waals surface area contributed by atoms with Crippen molar-refractivity contribution >= 4 is 34.6 Å². The average Bonchev–Trinajstić information content (AvgIpc) is 2.87. The minimum absolute atomic E-state index is 0.0536.